The summed E-state index contributed by atoms with van der Waals surface area (Å²) in [4.78, 5) is 38.6. The van der Waals surface area contributed by atoms with Crippen LogP contribution in [0.5, 0.6) is 0 Å². The van der Waals surface area contributed by atoms with Crippen LogP contribution < -0.4 is 0 Å². The number of hydrogen-bond donors (Lipinski definition) is 1. The molecule has 1 aromatic carbocycles. The van der Waals surface area contributed by atoms with Crippen molar-refractivity contribution in [2.75, 3.05) is 5.75 Å². The van der Waals surface area contributed by atoms with Gasteiger partial charge in [0.1, 0.15) is 12.3 Å². The molecule has 186 valence electrons. The van der Waals surface area contributed by atoms with Gasteiger partial charge in [-0.3, -0.25) is 14.9 Å². The van der Waals surface area contributed by atoms with Crippen LogP contribution in [0.1, 0.15) is 64.9 Å². The van der Waals surface area contributed by atoms with Crippen molar-refractivity contribution in [2.24, 2.45) is 11.8 Å². The number of nitro groups is 1. The van der Waals surface area contributed by atoms with Gasteiger partial charge in [0.05, 0.1) is 23.0 Å². The molecular weight excluding hydrogens is 456 g/mol. The number of carbonyl (C=O) groups excluding carboxylic acids is 2. The predicted octanol–water partition coefficient (Wildman–Crippen LogP) is 4.80. The van der Waals surface area contributed by atoms with Crippen molar-refractivity contribution in [1.29, 1.82) is 0 Å². The topological polar surface area (TPSA) is 110 Å². The van der Waals surface area contributed by atoms with Crippen LogP contribution in [0, 0.1) is 22.0 Å². The molecule has 0 unspecified atom stereocenters. The highest BCUT2D eigenvalue weighted by Gasteiger charge is 2.60. The number of nitrogens with zero attached hydrogens (tertiary/aromatic N) is 2. The highest BCUT2D eigenvalue weighted by atomic mass is 32.2. The SMILES string of the molecule is CCCCCCCCSC1=C(C(=O)OCc2ccc([N+](=O)[O-])cc2)N2C(=O)[C@H]([C@@H](C)O)[C@H]2[C@H]1C. The van der Waals surface area contributed by atoms with Crippen molar-refractivity contribution in [3.8, 4) is 0 Å². The Bertz CT molecular complexity index is 930. The first-order chi connectivity index (χ1) is 16.3. The number of aliphatic hydroxyl groups is 1. The molecule has 0 saturated carbocycles. The fraction of sp³-hybridized carbons (Fsp3) is 0.600. The number of nitro benzene ring substituents is 1. The number of β-lactam (4-membered cyclic amide) rings is 1. The van der Waals surface area contributed by atoms with E-state index in [2.05, 4.69) is 6.92 Å². The van der Waals surface area contributed by atoms with Crippen LogP contribution in [-0.4, -0.2) is 44.7 Å². The van der Waals surface area contributed by atoms with E-state index < -0.39 is 22.9 Å². The summed E-state index contributed by atoms with van der Waals surface area (Å²) in [5.74, 6) is -0.525. The predicted molar refractivity (Wildman–Crippen MR) is 131 cm³/mol. The minimum Gasteiger partial charge on any atom is -0.456 e. The van der Waals surface area contributed by atoms with Gasteiger partial charge in [-0.2, -0.15) is 0 Å². The first kappa shape index (κ1) is 26.2. The first-order valence-electron chi connectivity index (χ1n) is 12.1. The van der Waals surface area contributed by atoms with Crippen LogP contribution in [0.4, 0.5) is 5.69 Å². The third-order valence-corrected chi connectivity index (χ3v) is 7.94. The van der Waals surface area contributed by atoms with E-state index >= 15 is 0 Å². The lowest BCUT2D eigenvalue weighted by molar-refractivity contribution is -0.384. The quantitative estimate of drug-likeness (QED) is 0.139. The number of non-ortho nitro benzene ring substituents is 1. The smallest absolute Gasteiger partial charge is 0.356 e. The van der Waals surface area contributed by atoms with Gasteiger partial charge in [0.2, 0.25) is 5.91 Å². The molecule has 34 heavy (non-hydrogen) atoms. The van der Waals surface area contributed by atoms with Crippen molar-refractivity contribution in [3.05, 3.63) is 50.5 Å². The maximum absolute atomic E-state index is 13.1. The van der Waals surface area contributed by atoms with Gasteiger partial charge >= 0.3 is 5.97 Å². The van der Waals surface area contributed by atoms with Crippen LogP contribution in [0.3, 0.4) is 0 Å². The van der Waals surface area contributed by atoms with Crippen LogP contribution in [0.25, 0.3) is 0 Å². The second-order valence-corrected chi connectivity index (χ2v) is 10.2. The Kier molecular flexibility index (Phi) is 9.13. The van der Waals surface area contributed by atoms with E-state index in [0.717, 1.165) is 23.5 Å². The Morgan fingerprint density at radius 2 is 1.85 bits per heavy atom. The monoisotopic (exact) mass is 490 g/mol. The van der Waals surface area contributed by atoms with Gasteiger partial charge < -0.3 is 14.7 Å². The van der Waals surface area contributed by atoms with E-state index in [1.807, 2.05) is 6.92 Å². The zero-order valence-corrected chi connectivity index (χ0v) is 20.9. The largest absolute Gasteiger partial charge is 0.456 e. The van der Waals surface area contributed by atoms with Gasteiger partial charge in [0.25, 0.3) is 5.69 Å². The number of aliphatic hydroxyl groups excluding tert-OH is 1. The van der Waals surface area contributed by atoms with Crippen LogP contribution in [-0.2, 0) is 20.9 Å². The van der Waals surface area contributed by atoms with Gasteiger partial charge in [-0.05, 0) is 36.8 Å². The summed E-state index contributed by atoms with van der Waals surface area (Å²) in [5.41, 5.74) is 0.881. The average molecular weight is 491 g/mol. The molecule has 0 aliphatic carbocycles. The lowest BCUT2D eigenvalue weighted by atomic mass is 9.79. The van der Waals surface area contributed by atoms with Gasteiger partial charge in [0, 0.05) is 23.0 Å². The molecule has 0 radical (unpaired) electrons. The molecule has 9 heteroatoms. The molecule has 2 aliphatic heterocycles. The van der Waals surface area contributed by atoms with Crippen molar-refractivity contribution in [3.63, 3.8) is 0 Å². The van der Waals surface area contributed by atoms with E-state index in [1.165, 1.54) is 42.7 Å². The van der Waals surface area contributed by atoms with E-state index in [-0.39, 0.29) is 35.9 Å². The number of thioether (sulfide) groups is 1. The number of ether oxygens (including phenoxy) is 1. The molecular formula is C25H34N2O6S. The van der Waals surface area contributed by atoms with E-state index in [0.29, 0.717) is 5.56 Å². The van der Waals surface area contributed by atoms with Crippen molar-refractivity contribution in [2.45, 2.75) is 78.0 Å². The molecule has 2 aliphatic rings. The van der Waals surface area contributed by atoms with E-state index in [1.54, 1.807) is 30.8 Å². The number of rotatable bonds is 13. The molecule has 3 rings (SSSR count). The maximum atomic E-state index is 13.1. The summed E-state index contributed by atoms with van der Waals surface area (Å²) >= 11 is 1.61. The zero-order valence-electron chi connectivity index (χ0n) is 20.1. The Hall–Kier alpha value is -2.39. The van der Waals surface area contributed by atoms with Crippen molar-refractivity contribution >= 4 is 29.3 Å². The summed E-state index contributed by atoms with van der Waals surface area (Å²) < 4.78 is 5.52. The fourth-order valence-corrected chi connectivity index (χ4v) is 5.99. The zero-order chi connectivity index (χ0) is 24.8. The second-order valence-electron chi connectivity index (χ2n) is 9.08. The second kappa shape index (κ2) is 11.8. The molecule has 4 atom stereocenters. The number of carbonyl (C=O) groups is 2. The summed E-state index contributed by atoms with van der Waals surface area (Å²) in [5, 5.41) is 20.9. The Morgan fingerprint density at radius 3 is 2.47 bits per heavy atom. The van der Waals surface area contributed by atoms with Gasteiger partial charge in [-0.1, -0.05) is 46.0 Å². The fourth-order valence-electron chi connectivity index (χ4n) is 4.70. The molecule has 0 bridgehead atoms. The number of benzene rings is 1. The maximum Gasteiger partial charge on any atom is 0.356 e. The van der Waals surface area contributed by atoms with Crippen molar-refractivity contribution in [1.82, 2.24) is 4.90 Å². The lowest BCUT2D eigenvalue weighted by Gasteiger charge is -2.46. The number of fused-ring (bicyclic) bond motifs is 1. The van der Waals surface area contributed by atoms with Gasteiger partial charge in [0.15, 0.2) is 0 Å². The summed E-state index contributed by atoms with van der Waals surface area (Å²) in [6.07, 6.45) is 6.28. The normalized spacial score (nSPS) is 22.4. The number of unbranched alkanes of at least 4 members (excludes halogenated alkanes) is 5. The molecule has 1 amide bonds. The van der Waals surface area contributed by atoms with Crippen molar-refractivity contribution < 1.29 is 24.4 Å². The minimum absolute atomic E-state index is 0.0334. The molecule has 0 aromatic heterocycles. The first-order valence-corrected chi connectivity index (χ1v) is 13.0. The Morgan fingerprint density at radius 1 is 1.21 bits per heavy atom. The van der Waals surface area contributed by atoms with E-state index in [9.17, 15) is 24.8 Å². The minimum atomic E-state index is -0.781. The Labute approximate surface area is 204 Å². The van der Waals surface area contributed by atoms with Gasteiger partial charge in [-0.25, -0.2) is 4.79 Å². The summed E-state index contributed by atoms with van der Waals surface area (Å²) in [6.45, 7) is 5.76. The summed E-state index contributed by atoms with van der Waals surface area (Å²) in [6, 6.07) is 5.59. The average Bonchev–Trinajstić information content (AvgIpc) is 3.05. The van der Waals surface area contributed by atoms with Crippen LogP contribution >= 0.6 is 11.8 Å². The number of esters is 1. The Balaban J connectivity index is 1.68. The molecule has 1 N–H and O–H groups in total. The van der Waals surface area contributed by atoms with E-state index in [4.69, 9.17) is 4.74 Å². The molecule has 1 aromatic rings. The van der Waals surface area contributed by atoms with Gasteiger partial charge in [-0.15, -0.1) is 11.8 Å². The summed E-state index contributed by atoms with van der Waals surface area (Å²) in [7, 11) is 0. The molecule has 0 spiro atoms. The van der Waals surface area contributed by atoms with Crippen LogP contribution in [0.15, 0.2) is 34.9 Å². The third kappa shape index (κ3) is 5.63. The molecule has 2 heterocycles. The highest BCUT2D eigenvalue weighted by Crippen LogP contribution is 2.50. The lowest BCUT2D eigenvalue weighted by Crippen LogP contribution is -2.63. The molecule has 1 saturated heterocycles. The molecule has 1 fully saturated rings. The number of hydrogen-bond acceptors (Lipinski definition) is 7. The highest BCUT2D eigenvalue weighted by molar-refractivity contribution is 8.03. The third-order valence-electron chi connectivity index (χ3n) is 6.57. The standard InChI is InChI=1S/C25H34N2O6S/c1-4-5-6-7-8-9-14-34-23-16(2)21-20(17(3)28)24(29)26(21)22(23)25(30)33-15-18-10-12-19(13-11-18)27(31)32/h10-13,16-17,20-21,28H,4-9,14-15H2,1-3H3/t16-,17-,20-,21-/m1/s1. The molecule has 8 nitrogen and oxygen atoms in total. The number of amides is 1. The van der Waals surface area contributed by atoms with Crippen LogP contribution in [0.2, 0.25) is 0 Å².